The van der Waals surface area contributed by atoms with Crippen LogP contribution in [-0.4, -0.2) is 26.2 Å². The standard InChI is InChI=1S/C20H25NO3/c1-15-10-11-16(2)19(14-15)24-13-7-6-12-21-18-9-5-4-8-17(18)20(22)23-3/h4-5,8-11,14,21H,6-7,12-13H2,1-3H3. The fourth-order valence-electron chi connectivity index (χ4n) is 2.42. The second-order valence-corrected chi connectivity index (χ2v) is 5.79. The van der Waals surface area contributed by atoms with Crippen molar-refractivity contribution in [2.75, 3.05) is 25.6 Å². The zero-order valence-corrected chi connectivity index (χ0v) is 14.6. The summed E-state index contributed by atoms with van der Waals surface area (Å²) in [4.78, 5) is 11.7. The lowest BCUT2D eigenvalue weighted by atomic mass is 10.1. The van der Waals surface area contributed by atoms with Gasteiger partial charge in [0.25, 0.3) is 0 Å². The average molecular weight is 327 g/mol. The van der Waals surface area contributed by atoms with E-state index in [-0.39, 0.29) is 5.97 Å². The maximum Gasteiger partial charge on any atom is 0.339 e. The Kier molecular flexibility index (Phi) is 6.67. The number of carbonyl (C=O) groups is 1. The predicted molar refractivity (Wildman–Crippen MR) is 96.9 cm³/mol. The first-order valence-electron chi connectivity index (χ1n) is 8.23. The normalized spacial score (nSPS) is 10.3. The number of esters is 1. The minimum Gasteiger partial charge on any atom is -0.493 e. The van der Waals surface area contributed by atoms with Gasteiger partial charge in [0.2, 0.25) is 0 Å². The molecule has 0 unspecified atom stereocenters. The Hall–Kier alpha value is -2.49. The van der Waals surface area contributed by atoms with Gasteiger partial charge in [-0.2, -0.15) is 0 Å². The van der Waals surface area contributed by atoms with E-state index in [0.29, 0.717) is 12.2 Å². The molecule has 2 rings (SSSR count). The molecule has 128 valence electrons. The van der Waals surface area contributed by atoms with Crippen molar-refractivity contribution in [2.24, 2.45) is 0 Å². The van der Waals surface area contributed by atoms with Crippen molar-refractivity contribution in [3.63, 3.8) is 0 Å². The van der Waals surface area contributed by atoms with Crippen molar-refractivity contribution >= 4 is 11.7 Å². The van der Waals surface area contributed by atoms with Crippen LogP contribution in [0.25, 0.3) is 0 Å². The van der Waals surface area contributed by atoms with E-state index < -0.39 is 0 Å². The van der Waals surface area contributed by atoms with Crippen LogP contribution in [0.15, 0.2) is 42.5 Å². The molecule has 0 aromatic heterocycles. The Balaban J connectivity index is 1.74. The Morgan fingerprint density at radius 3 is 2.67 bits per heavy atom. The molecule has 4 heteroatoms. The number of methoxy groups -OCH3 is 1. The summed E-state index contributed by atoms with van der Waals surface area (Å²) in [5.74, 6) is 0.635. The summed E-state index contributed by atoms with van der Waals surface area (Å²) in [5, 5.41) is 3.29. The van der Waals surface area contributed by atoms with Crippen molar-refractivity contribution in [3.05, 3.63) is 59.2 Å². The number of aryl methyl sites for hydroxylation is 2. The van der Waals surface area contributed by atoms with Gasteiger partial charge in [-0.3, -0.25) is 0 Å². The molecule has 0 saturated heterocycles. The van der Waals surface area contributed by atoms with E-state index in [1.165, 1.54) is 12.7 Å². The number of ether oxygens (including phenoxy) is 2. The number of rotatable bonds is 8. The van der Waals surface area contributed by atoms with Gasteiger partial charge in [-0.1, -0.05) is 24.3 Å². The molecule has 0 radical (unpaired) electrons. The molecule has 0 amide bonds. The highest BCUT2D eigenvalue weighted by atomic mass is 16.5. The number of anilines is 1. The van der Waals surface area contributed by atoms with Crippen LogP contribution >= 0.6 is 0 Å². The summed E-state index contributed by atoms with van der Waals surface area (Å²) in [6, 6.07) is 13.6. The van der Waals surface area contributed by atoms with E-state index in [1.807, 2.05) is 18.2 Å². The van der Waals surface area contributed by atoms with E-state index in [4.69, 9.17) is 9.47 Å². The van der Waals surface area contributed by atoms with Gasteiger partial charge in [0.05, 0.1) is 19.3 Å². The molecule has 24 heavy (non-hydrogen) atoms. The number of hydrogen-bond acceptors (Lipinski definition) is 4. The summed E-state index contributed by atoms with van der Waals surface area (Å²) in [5.41, 5.74) is 3.73. The van der Waals surface area contributed by atoms with Crippen LogP contribution in [0.1, 0.15) is 34.3 Å². The maximum absolute atomic E-state index is 11.7. The third-order valence-corrected chi connectivity index (χ3v) is 3.82. The smallest absolute Gasteiger partial charge is 0.339 e. The van der Waals surface area contributed by atoms with Crippen LogP contribution in [0.5, 0.6) is 5.75 Å². The third kappa shape index (κ3) is 5.01. The molecule has 0 atom stereocenters. The summed E-state index contributed by atoms with van der Waals surface area (Å²) < 4.78 is 10.6. The van der Waals surface area contributed by atoms with Gasteiger partial charge in [0.15, 0.2) is 0 Å². The lowest BCUT2D eigenvalue weighted by Gasteiger charge is -2.12. The molecule has 2 aromatic rings. The Labute approximate surface area is 143 Å². The van der Waals surface area contributed by atoms with Gasteiger partial charge < -0.3 is 14.8 Å². The molecular weight excluding hydrogens is 302 g/mol. The highest BCUT2D eigenvalue weighted by Crippen LogP contribution is 2.19. The van der Waals surface area contributed by atoms with E-state index in [9.17, 15) is 4.79 Å². The SMILES string of the molecule is COC(=O)c1ccccc1NCCCCOc1cc(C)ccc1C. The van der Waals surface area contributed by atoms with Crippen molar-refractivity contribution in [1.29, 1.82) is 0 Å². The fourth-order valence-corrected chi connectivity index (χ4v) is 2.42. The first-order chi connectivity index (χ1) is 11.6. The number of para-hydroxylation sites is 1. The number of nitrogens with one attached hydrogen (secondary N) is 1. The summed E-state index contributed by atoms with van der Waals surface area (Å²) >= 11 is 0. The van der Waals surface area contributed by atoms with Crippen LogP contribution in [0.4, 0.5) is 5.69 Å². The molecule has 0 saturated carbocycles. The zero-order chi connectivity index (χ0) is 17.4. The highest BCUT2D eigenvalue weighted by Gasteiger charge is 2.10. The van der Waals surface area contributed by atoms with E-state index in [1.54, 1.807) is 6.07 Å². The zero-order valence-electron chi connectivity index (χ0n) is 14.6. The lowest BCUT2D eigenvalue weighted by molar-refractivity contribution is 0.0602. The van der Waals surface area contributed by atoms with Gasteiger partial charge in [0.1, 0.15) is 5.75 Å². The monoisotopic (exact) mass is 327 g/mol. The first kappa shape index (κ1) is 17.9. The largest absolute Gasteiger partial charge is 0.493 e. The minimum atomic E-state index is -0.323. The van der Waals surface area contributed by atoms with Gasteiger partial charge in [-0.05, 0) is 56.0 Å². The molecule has 0 fully saturated rings. The second-order valence-electron chi connectivity index (χ2n) is 5.79. The lowest BCUT2D eigenvalue weighted by Crippen LogP contribution is -2.10. The number of hydrogen-bond donors (Lipinski definition) is 1. The van der Waals surface area contributed by atoms with Gasteiger partial charge in [-0.15, -0.1) is 0 Å². The summed E-state index contributed by atoms with van der Waals surface area (Å²) in [6.07, 6.45) is 1.90. The highest BCUT2D eigenvalue weighted by molar-refractivity contribution is 5.95. The predicted octanol–water partition coefficient (Wildman–Crippen LogP) is 4.36. The molecular formula is C20H25NO3. The summed E-state index contributed by atoms with van der Waals surface area (Å²) in [7, 11) is 1.39. The number of unbranched alkanes of at least 4 members (excludes halogenated alkanes) is 1. The number of benzene rings is 2. The quantitative estimate of drug-likeness (QED) is 0.578. The molecule has 0 bridgehead atoms. The fraction of sp³-hybridized carbons (Fsp3) is 0.350. The molecule has 0 aliphatic carbocycles. The molecule has 0 aliphatic rings. The van der Waals surface area contributed by atoms with E-state index in [0.717, 1.165) is 36.4 Å². The van der Waals surface area contributed by atoms with Crippen molar-refractivity contribution in [2.45, 2.75) is 26.7 Å². The Bertz CT molecular complexity index is 682. The second kappa shape index (κ2) is 8.96. The van der Waals surface area contributed by atoms with E-state index >= 15 is 0 Å². The molecule has 4 nitrogen and oxygen atoms in total. The molecule has 0 spiro atoms. The Morgan fingerprint density at radius 1 is 1.08 bits per heavy atom. The van der Waals surface area contributed by atoms with Gasteiger partial charge >= 0.3 is 5.97 Å². The van der Waals surface area contributed by atoms with Crippen LogP contribution < -0.4 is 10.1 Å². The molecule has 0 heterocycles. The molecule has 1 N–H and O–H groups in total. The maximum atomic E-state index is 11.7. The number of carbonyl (C=O) groups excluding carboxylic acids is 1. The van der Waals surface area contributed by atoms with Gasteiger partial charge in [0, 0.05) is 12.2 Å². The van der Waals surface area contributed by atoms with Crippen molar-refractivity contribution in [3.8, 4) is 5.75 Å². The van der Waals surface area contributed by atoms with E-state index in [2.05, 4.69) is 37.4 Å². The van der Waals surface area contributed by atoms with Crippen LogP contribution in [-0.2, 0) is 4.74 Å². The Morgan fingerprint density at radius 2 is 1.88 bits per heavy atom. The van der Waals surface area contributed by atoms with Crippen LogP contribution in [0.2, 0.25) is 0 Å². The molecule has 0 aliphatic heterocycles. The molecule has 2 aromatic carbocycles. The van der Waals surface area contributed by atoms with Crippen molar-refractivity contribution in [1.82, 2.24) is 0 Å². The van der Waals surface area contributed by atoms with Gasteiger partial charge in [-0.25, -0.2) is 4.79 Å². The average Bonchev–Trinajstić information content (AvgIpc) is 2.60. The first-order valence-corrected chi connectivity index (χ1v) is 8.23. The summed E-state index contributed by atoms with van der Waals surface area (Å²) in [6.45, 7) is 5.59. The topological polar surface area (TPSA) is 47.6 Å². The van der Waals surface area contributed by atoms with Crippen LogP contribution in [0, 0.1) is 13.8 Å². The minimum absolute atomic E-state index is 0.323. The van der Waals surface area contributed by atoms with Crippen LogP contribution in [0.3, 0.4) is 0 Å². The third-order valence-electron chi connectivity index (χ3n) is 3.82. The van der Waals surface area contributed by atoms with Crippen molar-refractivity contribution < 1.29 is 14.3 Å².